The molecule has 3 N–H and O–H groups in total. The second kappa shape index (κ2) is 6.47. The molecule has 0 aliphatic heterocycles. The van der Waals surface area contributed by atoms with Crippen molar-refractivity contribution in [2.75, 3.05) is 11.9 Å². The van der Waals surface area contributed by atoms with E-state index in [1.165, 1.54) is 0 Å². The molecule has 0 aliphatic carbocycles. The van der Waals surface area contributed by atoms with Gasteiger partial charge in [0.1, 0.15) is 0 Å². The van der Waals surface area contributed by atoms with Crippen molar-refractivity contribution in [3.63, 3.8) is 0 Å². The Hall–Kier alpha value is -2.11. The van der Waals surface area contributed by atoms with Crippen LogP contribution in [0.25, 0.3) is 0 Å². The zero-order valence-electron chi connectivity index (χ0n) is 9.17. The third kappa shape index (κ3) is 4.96. The monoisotopic (exact) mass is 238 g/mol. The van der Waals surface area contributed by atoms with E-state index in [9.17, 15) is 9.59 Å². The molecular weight excluding hydrogens is 224 g/mol. The second-order valence-corrected chi connectivity index (χ2v) is 3.59. The van der Waals surface area contributed by atoms with E-state index in [4.69, 9.17) is 10.2 Å². The second-order valence-electron chi connectivity index (χ2n) is 3.59. The molecule has 6 heteroatoms. The maximum absolute atomic E-state index is 10.9. The normalized spacial score (nSPS) is 11.8. The molecule has 92 valence electrons. The largest absolute Gasteiger partial charge is 0.481 e. The lowest BCUT2D eigenvalue weighted by Crippen LogP contribution is -2.23. The van der Waals surface area contributed by atoms with Crippen molar-refractivity contribution in [1.29, 1.82) is 0 Å². The third-order valence-corrected chi connectivity index (χ3v) is 2.27. The maximum Gasteiger partial charge on any atom is 0.308 e. The number of nitrogens with one attached hydrogen (secondary N) is 1. The molecule has 1 unspecified atom stereocenters. The highest BCUT2D eigenvalue weighted by atomic mass is 16.4. The smallest absolute Gasteiger partial charge is 0.308 e. The summed E-state index contributed by atoms with van der Waals surface area (Å²) in [6.45, 7) is 0.189. The van der Waals surface area contributed by atoms with Gasteiger partial charge in [0, 0.05) is 25.4 Å². The number of nitrogens with zero attached hydrogens (tertiary/aromatic N) is 1. The summed E-state index contributed by atoms with van der Waals surface area (Å²) < 4.78 is 0. The molecule has 1 aromatic rings. The first kappa shape index (κ1) is 13.0. The van der Waals surface area contributed by atoms with Crippen LogP contribution in [0.2, 0.25) is 0 Å². The van der Waals surface area contributed by atoms with Gasteiger partial charge in [-0.05, 0) is 18.6 Å². The molecular formula is C11H14N2O4. The zero-order valence-corrected chi connectivity index (χ0v) is 9.17. The van der Waals surface area contributed by atoms with Crippen LogP contribution in [-0.2, 0) is 9.59 Å². The Morgan fingerprint density at radius 1 is 1.41 bits per heavy atom. The number of rotatable bonds is 7. The van der Waals surface area contributed by atoms with E-state index in [0.29, 0.717) is 5.69 Å². The molecule has 0 aliphatic rings. The lowest BCUT2D eigenvalue weighted by Gasteiger charge is -2.12. The number of aliphatic carboxylic acids is 2. The molecule has 1 aromatic heterocycles. The van der Waals surface area contributed by atoms with Crippen LogP contribution < -0.4 is 5.32 Å². The van der Waals surface area contributed by atoms with Gasteiger partial charge < -0.3 is 15.5 Å². The van der Waals surface area contributed by atoms with E-state index in [1.54, 1.807) is 24.5 Å². The molecule has 1 rings (SSSR count). The number of carboxylic acid groups (broad SMARTS) is 2. The van der Waals surface area contributed by atoms with E-state index >= 15 is 0 Å². The molecule has 0 bridgehead atoms. The fourth-order valence-corrected chi connectivity index (χ4v) is 1.32. The van der Waals surface area contributed by atoms with Crippen molar-refractivity contribution >= 4 is 17.6 Å². The van der Waals surface area contributed by atoms with Crippen molar-refractivity contribution in [2.24, 2.45) is 5.92 Å². The van der Waals surface area contributed by atoms with Gasteiger partial charge in [-0.2, -0.15) is 0 Å². The van der Waals surface area contributed by atoms with Gasteiger partial charge in [-0.1, -0.05) is 0 Å². The first-order chi connectivity index (χ1) is 8.09. The standard InChI is InChI=1S/C11H14N2O4/c14-10(15)4-3-8(11(16)17)6-13-9-2-1-5-12-7-9/h1-2,5,7-8,13H,3-4,6H2,(H,14,15)(H,16,17). The van der Waals surface area contributed by atoms with E-state index in [1.807, 2.05) is 0 Å². The van der Waals surface area contributed by atoms with Gasteiger partial charge in [0.2, 0.25) is 0 Å². The summed E-state index contributed by atoms with van der Waals surface area (Å²) in [5, 5.41) is 20.3. The van der Waals surface area contributed by atoms with Crippen molar-refractivity contribution in [3.05, 3.63) is 24.5 Å². The molecule has 0 fully saturated rings. The van der Waals surface area contributed by atoms with Crippen molar-refractivity contribution in [2.45, 2.75) is 12.8 Å². The summed E-state index contributed by atoms with van der Waals surface area (Å²) in [6.07, 6.45) is 3.16. The predicted molar refractivity (Wildman–Crippen MR) is 60.7 cm³/mol. The van der Waals surface area contributed by atoms with Gasteiger partial charge in [-0.15, -0.1) is 0 Å². The van der Waals surface area contributed by atoms with Gasteiger partial charge in [0.15, 0.2) is 0 Å². The Morgan fingerprint density at radius 3 is 2.71 bits per heavy atom. The third-order valence-electron chi connectivity index (χ3n) is 2.27. The summed E-state index contributed by atoms with van der Waals surface area (Å²) in [6, 6.07) is 3.50. The highest BCUT2D eigenvalue weighted by molar-refractivity contribution is 5.72. The molecule has 6 nitrogen and oxygen atoms in total. The van der Waals surface area contributed by atoms with Gasteiger partial charge in [-0.25, -0.2) is 0 Å². The van der Waals surface area contributed by atoms with E-state index in [-0.39, 0.29) is 19.4 Å². The number of pyridine rings is 1. The van der Waals surface area contributed by atoms with Crippen LogP contribution >= 0.6 is 0 Å². The Kier molecular flexibility index (Phi) is 4.93. The average Bonchev–Trinajstić information content (AvgIpc) is 2.29. The van der Waals surface area contributed by atoms with Crippen molar-refractivity contribution in [3.8, 4) is 0 Å². The van der Waals surface area contributed by atoms with Crippen LogP contribution in [-0.4, -0.2) is 33.7 Å². The first-order valence-electron chi connectivity index (χ1n) is 5.18. The highest BCUT2D eigenvalue weighted by Crippen LogP contribution is 2.10. The van der Waals surface area contributed by atoms with E-state index < -0.39 is 17.9 Å². The number of anilines is 1. The van der Waals surface area contributed by atoms with Crippen LogP contribution in [0.5, 0.6) is 0 Å². The summed E-state index contributed by atoms with van der Waals surface area (Å²) in [7, 11) is 0. The van der Waals surface area contributed by atoms with Crippen LogP contribution in [0.3, 0.4) is 0 Å². The molecule has 0 spiro atoms. The van der Waals surface area contributed by atoms with Gasteiger partial charge in [0.25, 0.3) is 0 Å². The topological polar surface area (TPSA) is 99.5 Å². The number of carboxylic acids is 2. The zero-order chi connectivity index (χ0) is 12.7. The van der Waals surface area contributed by atoms with Crippen molar-refractivity contribution in [1.82, 2.24) is 4.98 Å². The van der Waals surface area contributed by atoms with E-state index in [2.05, 4.69) is 10.3 Å². The summed E-state index contributed by atoms with van der Waals surface area (Å²) in [5.74, 6) is -2.70. The molecule has 0 saturated heterocycles. The summed E-state index contributed by atoms with van der Waals surface area (Å²) in [5.41, 5.74) is 0.717. The fourth-order valence-electron chi connectivity index (χ4n) is 1.32. The molecule has 1 atom stereocenters. The van der Waals surface area contributed by atoms with Gasteiger partial charge in [-0.3, -0.25) is 14.6 Å². The molecule has 17 heavy (non-hydrogen) atoms. The highest BCUT2D eigenvalue weighted by Gasteiger charge is 2.18. The Labute approximate surface area is 98.3 Å². The first-order valence-corrected chi connectivity index (χ1v) is 5.18. The lowest BCUT2D eigenvalue weighted by molar-refractivity contribution is -0.142. The minimum Gasteiger partial charge on any atom is -0.481 e. The number of aromatic nitrogens is 1. The van der Waals surface area contributed by atoms with Crippen molar-refractivity contribution < 1.29 is 19.8 Å². The molecule has 0 radical (unpaired) electrons. The minimum atomic E-state index is -0.998. The fraction of sp³-hybridized carbons (Fsp3) is 0.364. The number of hydrogen-bond acceptors (Lipinski definition) is 4. The Bertz CT molecular complexity index is 380. The number of carbonyl (C=O) groups is 2. The van der Waals surface area contributed by atoms with Gasteiger partial charge in [0.05, 0.1) is 11.6 Å². The number of hydrogen-bond donors (Lipinski definition) is 3. The summed E-state index contributed by atoms with van der Waals surface area (Å²) >= 11 is 0. The molecule has 0 aromatic carbocycles. The van der Waals surface area contributed by atoms with Crippen LogP contribution in [0.15, 0.2) is 24.5 Å². The minimum absolute atomic E-state index is 0.109. The molecule has 0 saturated carbocycles. The van der Waals surface area contributed by atoms with E-state index in [0.717, 1.165) is 0 Å². The SMILES string of the molecule is O=C(O)CCC(CNc1cccnc1)C(=O)O. The van der Waals surface area contributed by atoms with Crippen LogP contribution in [0.1, 0.15) is 12.8 Å². The van der Waals surface area contributed by atoms with Crippen LogP contribution in [0, 0.1) is 5.92 Å². The predicted octanol–water partition coefficient (Wildman–Crippen LogP) is 1.06. The average molecular weight is 238 g/mol. The molecule has 1 heterocycles. The van der Waals surface area contributed by atoms with Gasteiger partial charge >= 0.3 is 11.9 Å². The maximum atomic E-state index is 10.9. The quantitative estimate of drug-likeness (QED) is 0.656. The molecule has 0 amide bonds. The Morgan fingerprint density at radius 2 is 2.18 bits per heavy atom. The van der Waals surface area contributed by atoms with Crippen LogP contribution in [0.4, 0.5) is 5.69 Å². The lowest BCUT2D eigenvalue weighted by atomic mass is 10.0. The Balaban J connectivity index is 2.45. The summed E-state index contributed by atoms with van der Waals surface area (Å²) in [4.78, 5) is 25.1.